The van der Waals surface area contributed by atoms with Crippen LogP contribution in [0.5, 0.6) is 5.75 Å². The lowest BCUT2D eigenvalue weighted by molar-refractivity contribution is -0.122. The SMILES string of the molecule is Cc1ccc(OCCC(=O)NC(C)C)c(CNC2CC2)n1. The largest absolute Gasteiger partial charge is 0.491 e. The fourth-order valence-corrected chi connectivity index (χ4v) is 2.03. The number of nitrogens with one attached hydrogen (secondary N) is 2. The van der Waals surface area contributed by atoms with Gasteiger partial charge < -0.3 is 15.4 Å². The number of amides is 1. The Morgan fingerprint density at radius 3 is 2.86 bits per heavy atom. The molecular weight excluding hydrogens is 266 g/mol. The van der Waals surface area contributed by atoms with Crippen molar-refractivity contribution in [2.45, 2.75) is 58.7 Å². The lowest BCUT2D eigenvalue weighted by Crippen LogP contribution is -2.31. The van der Waals surface area contributed by atoms with Gasteiger partial charge in [0, 0.05) is 24.3 Å². The van der Waals surface area contributed by atoms with Gasteiger partial charge >= 0.3 is 0 Å². The van der Waals surface area contributed by atoms with Gasteiger partial charge in [-0.1, -0.05) is 0 Å². The van der Waals surface area contributed by atoms with Crippen molar-refractivity contribution < 1.29 is 9.53 Å². The van der Waals surface area contributed by atoms with Gasteiger partial charge in [-0.3, -0.25) is 9.78 Å². The fourth-order valence-electron chi connectivity index (χ4n) is 2.03. The molecule has 116 valence electrons. The van der Waals surface area contributed by atoms with E-state index in [0.717, 1.165) is 23.7 Å². The first kappa shape index (κ1) is 15.8. The Balaban J connectivity index is 1.84. The molecule has 1 heterocycles. The molecule has 0 atom stereocenters. The summed E-state index contributed by atoms with van der Waals surface area (Å²) in [5.41, 5.74) is 1.90. The van der Waals surface area contributed by atoms with E-state index in [1.807, 2.05) is 32.9 Å². The van der Waals surface area contributed by atoms with Crippen molar-refractivity contribution in [1.29, 1.82) is 0 Å². The van der Waals surface area contributed by atoms with Crippen molar-refractivity contribution in [2.75, 3.05) is 6.61 Å². The molecule has 1 fully saturated rings. The van der Waals surface area contributed by atoms with E-state index in [0.29, 0.717) is 19.1 Å². The Labute approximate surface area is 126 Å². The summed E-state index contributed by atoms with van der Waals surface area (Å²) in [6.45, 7) is 6.97. The lowest BCUT2D eigenvalue weighted by Gasteiger charge is -2.13. The number of nitrogens with zero attached hydrogens (tertiary/aromatic N) is 1. The predicted molar refractivity (Wildman–Crippen MR) is 82.2 cm³/mol. The summed E-state index contributed by atoms with van der Waals surface area (Å²) in [6.07, 6.45) is 2.86. The number of aromatic nitrogens is 1. The van der Waals surface area contributed by atoms with Crippen LogP contribution in [0, 0.1) is 6.92 Å². The predicted octanol–water partition coefficient (Wildman–Crippen LogP) is 1.94. The van der Waals surface area contributed by atoms with Gasteiger partial charge in [0.1, 0.15) is 5.75 Å². The van der Waals surface area contributed by atoms with Crippen LogP contribution in [0.1, 0.15) is 44.5 Å². The van der Waals surface area contributed by atoms with E-state index in [1.165, 1.54) is 12.8 Å². The molecule has 0 radical (unpaired) electrons. The van der Waals surface area contributed by atoms with Crippen LogP contribution in [-0.2, 0) is 11.3 Å². The molecule has 1 saturated carbocycles. The minimum atomic E-state index is 0.0164. The van der Waals surface area contributed by atoms with Crippen molar-refractivity contribution in [2.24, 2.45) is 0 Å². The van der Waals surface area contributed by atoms with E-state index in [-0.39, 0.29) is 11.9 Å². The van der Waals surface area contributed by atoms with Gasteiger partial charge in [0.15, 0.2) is 0 Å². The first-order valence-electron chi connectivity index (χ1n) is 7.66. The maximum Gasteiger partial charge on any atom is 0.223 e. The maximum atomic E-state index is 11.6. The molecule has 0 bridgehead atoms. The topological polar surface area (TPSA) is 63.2 Å². The standard InChI is InChI=1S/C16H25N3O2/c1-11(2)18-16(20)8-9-21-15-7-4-12(3)19-14(15)10-17-13-5-6-13/h4,7,11,13,17H,5-6,8-10H2,1-3H3,(H,18,20). The highest BCUT2D eigenvalue weighted by molar-refractivity contribution is 5.76. The molecule has 1 aliphatic rings. The van der Waals surface area contributed by atoms with Crippen LogP contribution >= 0.6 is 0 Å². The van der Waals surface area contributed by atoms with Crippen LogP contribution in [0.4, 0.5) is 0 Å². The zero-order valence-electron chi connectivity index (χ0n) is 13.1. The summed E-state index contributed by atoms with van der Waals surface area (Å²) < 4.78 is 5.73. The Kier molecular flexibility index (Phi) is 5.56. The van der Waals surface area contributed by atoms with Crippen molar-refractivity contribution in [1.82, 2.24) is 15.6 Å². The number of hydrogen-bond acceptors (Lipinski definition) is 4. The number of ether oxygens (including phenoxy) is 1. The highest BCUT2D eigenvalue weighted by Crippen LogP contribution is 2.22. The second-order valence-corrected chi connectivity index (χ2v) is 5.87. The number of aryl methyl sites for hydroxylation is 1. The van der Waals surface area contributed by atoms with Crippen LogP contribution < -0.4 is 15.4 Å². The number of carbonyl (C=O) groups is 1. The maximum absolute atomic E-state index is 11.6. The average molecular weight is 291 g/mol. The third-order valence-electron chi connectivity index (χ3n) is 3.24. The second kappa shape index (κ2) is 7.41. The third kappa shape index (κ3) is 5.71. The van der Waals surface area contributed by atoms with Crippen LogP contribution in [-0.4, -0.2) is 29.6 Å². The van der Waals surface area contributed by atoms with Crippen molar-refractivity contribution >= 4 is 5.91 Å². The normalized spacial score (nSPS) is 14.3. The lowest BCUT2D eigenvalue weighted by atomic mass is 10.2. The van der Waals surface area contributed by atoms with E-state index in [4.69, 9.17) is 4.74 Å². The van der Waals surface area contributed by atoms with Crippen molar-refractivity contribution in [3.05, 3.63) is 23.5 Å². The first-order chi connectivity index (χ1) is 10.0. The smallest absolute Gasteiger partial charge is 0.223 e. The van der Waals surface area contributed by atoms with Gasteiger partial charge in [-0.05, 0) is 45.7 Å². The highest BCUT2D eigenvalue weighted by atomic mass is 16.5. The summed E-state index contributed by atoms with van der Waals surface area (Å²) in [5, 5.41) is 6.30. The van der Waals surface area contributed by atoms with Crippen molar-refractivity contribution in [3.63, 3.8) is 0 Å². The Hall–Kier alpha value is -1.62. The number of hydrogen-bond donors (Lipinski definition) is 2. The molecule has 1 aromatic heterocycles. The summed E-state index contributed by atoms with van der Waals surface area (Å²) in [5.74, 6) is 0.786. The van der Waals surface area contributed by atoms with Gasteiger partial charge in [0.05, 0.1) is 18.7 Å². The summed E-state index contributed by atoms with van der Waals surface area (Å²) in [4.78, 5) is 16.1. The fraction of sp³-hybridized carbons (Fsp3) is 0.625. The van der Waals surface area contributed by atoms with E-state index in [2.05, 4.69) is 15.6 Å². The molecule has 2 N–H and O–H groups in total. The van der Waals surface area contributed by atoms with Crippen molar-refractivity contribution in [3.8, 4) is 5.75 Å². The second-order valence-electron chi connectivity index (χ2n) is 5.87. The van der Waals surface area contributed by atoms with Gasteiger partial charge in [0.25, 0.3) is 0 Å². The van der Waals surface area contributed by atoms with Crippen LogP contribution in [0.15, 0.2) is 12.1 Å². The van der Waals surface area contributed by atoms with E-state index in [9.17, 15) is 4.79 Å². The van der Waals surface area contributed by atoms with Gasteiger partial charge in [-0.2, -0.15) is 0 Å². The molecule has 1 aromatic rings. The molecule has 0 saturated heterocycles. The molecular formula is C16H25N3O2. The Bertz CT molecular complexity index is 484. The number of pyridine rings is 1. The van der Waals surface area contributed by atoms with Gasteiger partial charge in [-0.15, -0.1) is 0 Å². The van der Waals surface area contributed by atoms with E-state index in [1.54, 1.807) is 0 Å². The molecule has 0 spiro atoms. The molecule has 21 heavy (non-hydrogen) atoms. The zero-order chi connectivity index (χ0) is 15.2. The van der Waals surface area contributed by atoms with E-state index < -0.39 is 0 Å². The Morgan fingerprint density at radius 2 is 2.19 bits per heavy atom. The van der Waals surface area contributed by atoms with Crippen LogP contribution in [0.3, 0.4) is 0 Å². The van der Waals surface area contributed by atoms with Gasteiger partial charge in [-0.25, -0.2) is 0 Å². The first-order valence-corrected chi connectivity index (χ1v) is 7.66. The summed E-state index contributed by atoms with van der Waals surface area (Å²) in [7, 11) is 0. The van der Waals surface area contributed by atoms with Gasteiger partial charge in [0.2, 0.25) is 5.91 Å². The molecule has 0 aliphatic heterocycles. The van der Waals surface area contributed by atoms with Crippen LogP contribution in [0.25, 0.3) is 0 Å². The molecule has 2 rings (SSSR count). The molecule has 5 heteroatoms. The minimum Gasteiger partial charge on any atom is -0.491 e. The van der Waals surface area contributed by atoms with E-state index >= 15 is 0 Å². The van der Waals surface area contributed by atoms with Crippen LogP contribution in [0.2, 0.25) is 0 Å². The number of rotatable bonds is 8. The third-order valence-corrected chi connectivity index (χ3v) is 3.24. The molecule has 5 nitrogen and oxygen atoms in total. The summed E-state index contributed by atoms with van der Waals surface area (Å²) >= 11 is 0. The average Bonchev–Trinajstić information content (AvgIpc) is 3.21. The molecule has 0 unspecified atom stereocenters. The minimum absolute atomic E-state index is 0.0164. The zero-order valence-corrected chi connectivity index (χ0v) is 13.1. The number of carbonyl (C=O) groups excluding carboxylic acids is 1. The Morgan fingerprint density at radius 1 is 1.43 bits per heavy atom. The molecule has 1 aliphatic carbocycles. The summed E-state index contributed by atoms with van der Waals surface area (Å²) in [6, 6.07) is 4.67. The highest BCUT2D eigenvalue weighted by Gasteiger charge is 2.21. The quantitative estimate of drug-likeness (QED) is 0.768. The monoisotopic (exact) mass is 291 g/mol. The molecule has 1 amide bonds. The molecule has 0 aromatic carbocycles.